The van der Waals surface area contributed by atoms with Gasteiger partial charge in [0.1, 0.15) is 5.69 Å². The van der Waals surface area contributed by atoms with Gasteiger partial charge in [-0.05, 0) is 25.8 Å². The molecule has 8 nitrogen and oxygen atoms in total. The number of hydrogen-bond acceptors (Lipinski definition) is 5. The number of aromatic nitrogens is 2. The highest BCUT2D eigenvalue weighted by Crippen LogP contribution is 2.14. The van der Waals surface area contributed by atoms with E-state index in [-0.39, 0.29) is 29.0 Å². The summed E-state index contributed by atoms with van der Waals surface area (Å²) in [5, 5.41) is 8.65. The van der Waals surface area contributed by atoms with Crippen LogP contribution in [0.1, 0.15) is 30.3 Å². The van der Waals surface area contributed by atoms with Gasteiger partial charge in [0.2, 0.25) is 10.0 Å². The zero-order chi connectivity index (χ0) is 15.5. The number of amides is 1. The summed E-state index contributed by atoms with van der Waals surface area (Å²) in [6.45, 7) is 2.42. The van der Waals surface area contributed by atoms with Crippen molar-refractivity contribution in [1.82, 2.24) is 19.8 Å². The van der Waals surface area contributed by atoms with Crippen LogP contribution in [0.5, 0.6) is 0 Å². The number of nitrogens with one attached hydrogen (secondary N) is 2. The van der Waals surface area contributed by atoms with E-state index in [0.29, 0.717) is 25.9 Å². The third-order valence-corrected chi connectivity index (χ3v) is 5.34. The second-order valence-electron chi connectivity index (χ2n) is 4.85. The second kappa shape index (κ2) is 6.35. The van der Waals surface area contributed by atoms with Gasteiger partial charge in [-0.25, -0.2) is 17.8 Å². The number of carbonyl (C=O) groups excluding carboxylic acids is 1. The van der Waals surface area contributed by atoms with Crippen molar-refractivity contribution in [2.45, 2.75) is 25.8 Å². The Morgan fingerprint density at radius 2 is 2.10 bits per heavy atom. The third kappa shape index (κ3) is 3.88. The minimum Gasteiger partial charge on any atom is -0.348 e. The van der Waals surface area contributed by atoms with E-state index >= 15 is 0 Å². The van der Waals surface area contributed by atoms with Crippen molar-refractivity contribution < 1.29 is 13.2 Å². The van der Waals surface area contributed by atoms with Gasteiger partial charge < -0.3 is 5.32 Å². The van der Waals surface area contributed by atoms with E-state index in [1.165, 1.54) is 16.4 Å². The Hall–Kier alpha value is -1.74. The van der Waals surface area contributed by atoms with Crippen LogP contribution in [0.4, 0.5) is 0 Å². The highest BCUT2D eigenvalue weighted by Gasteiger charge is 2.27. The highest BCUT2D eigenvalue weighted by atomic mass is 32.2. The van der Waals surface area contributed by atoms with E-state index in [1.54, 1.807) is 6.92 Å². The van der Waals surface area contributed by atoms with Crippen molar-refractivity contribution in [1.29, 1.82) is 0 Å². The molecule has 2 N–H and O–H groups in total. The Balaban J connectivity index is 1.90. The summed E-state index contributed by atoms with van der Waals surface area (Å²) in [5.41, 5.74) is -0.233. The van der Waals surface area contributed by atoms with Crippen LogP contribution in [0.25, 0.3) is 0 Å². The smallest absolute Gasteiger partial charge is 0.271 e. The SMILES string of the molecule is CCS(=O)(=O)N1CCC(NC(=O)c2ccc(=O)[nH]n2)CC1. The van der Waals surface area contributed by atoms with Gasteiger partial charge in [0, 0.05) is 25.2 Å². The number of hydrogen-bond donors (Lipinski definition) is 2. The van der Waals surface area contributed by atoms with Gasteiger partial charge in [0.25, 0.3) is 11.5 Å². The number of rotatable bonds is 4. The van der Waals surface area contributed by atoms with Crippen molar-refractivity contribution >= 4 is 15.9 Å². The van der Waals surface area contributed by atoms with Gasteiger partial charge in [-0.1, -0.05) is 0 Å². The average molecular weight is 314 g/mol. The zero-order valence-corrected chi connectivity index (χ0v) is 12.5. The topological polar surface area (TPSA) is 112 Å². The molecule has 0 spiro atoms. The Bertz CT molecular complexity index is 642. The van der Waals surface area contributed by atoms with Gasteiger partial charge in [-0.3, -0.25) is 9.59 Å². The summed E-state index contributed by atoms with van der Waals surface area (Å²) in [4.78, 5) is 22.8. The minimum atomic E-state index is -3.16. The summed E-state index contributed by atoms with van der Waals surface area (Å²) in [6.07, 6.45) is 1.13. The predicted molar refractivity (Wildman–Crippen MR) is 76.4 cm³/mol. The van der Waals surface area contributed by atoms with E-state index < -0.39 is 10.0 Å². The van der Waals surface area contributed by atoms with Crippen LogP contribution in [0.2, 0.25) is 0 Å². The first-order chi connectivity index (χ1) is 9.92. The molecule has 9 heteroatoms. The molecule has 2 heterocycles. The lowest BCUT2D eigenvalue weighted by Gasteiger charge is -2.31. The van der Waals surface area contributed by atoms with Crippen molar-refractivity contribution in [2.75, 3.05) is 18.8 Å². The first-order valence-corrected chi connectivity index (χ1v) is 8.37. The van der Waals surface area contributed by atoms with Crippen LogP contribution in [-0.2, 0) is 10.0 Å². The maximum absolute atomic E-state index is 11.9. The molecule has 1 aliphatic rings. The van der Waals surface area contributed by atoms with Crippen LogP contribution >= 0.6 is 0 Å². The summed E-state index contributed by atoms with van der Waals surface area (Å²) in [6, 6.07) is 2.50. The molecule has 0 atom stereocenters. The highest BCUT2D eigenvalue weighted by molar-refractivity contribution is 7.89. The standard InChI is InChI=1S/C12H18N4O4S/c1-2-21(19,20)16-7-5-9(6-8-16)13-12(18)10-3-4-11(17)15-14-10/h3-4,9H,2,5-8H2,1H3,(H,13,18)(H,15,17). The van der Waals surface area contributed by atoms with Gasteiger partial charge in [-0.15, -0.1) is 0 Å². The van der Waals surface area contributed by atoms with E-state index in [1.807, 2.05) is 0 Å². The molecule has 1 aromatic rings. The maximum atomic E-state index is 11.9. The number of aromatic amines is 1. The third-order valence-electron chi connectivity index (χ3n) is 3.46. The molecule has 1 amide bonds. The molecule has 0 aliphatic carbocycles. The summed E-state index contributed by atoms with van der Waals surface area (Å²) >= 11 is 0. The predicted octanol–water partition coefficient (Wildman–Crippen LogP) is -0.686. The lowest BCUT2D eigenvalue weighted by atomic mass is 10.1. The summed E-state index contributed by atoms with van der Waals surface area (Å²) < 4.78 is 24.9. The van der Waals surface area contributed by atoms with Crippen molar-refractivity contribution in [3.05, 3.63) is 28.2 Å². The lowest BCUT2D eigenvalue weighted by Crippen LogP contribution is -2.47. The van der Waals surface area contributed by atoms with Gasteiger partial charge >= 0.3 is 0 Å². The number of nitrogens with zero attached hydrogens (tertiary/aromatic N) is 2. The zero-order valence-electron chi connectivity index (χ0n) is 11.7. The number of piperidine rings is 1. The van der Waals surface area contributed by atoms with E-state index in [2.05, 4.69) is 15.5 Å². The Kier molecular flexibility index (Phi) is 4.73. The summed E-state index contributed by atoms with van der Waals surface area (Å²) in [7, 11) is -3.16. The molecule has 0 bridgehead atoms. The first-order valence-electron chi connectivity index (χ1n) is 6.77. The molecule has 0 aromatic carbocycles. The Morgan fingerprint density at radius 3 is 2.62 bits per heavy atom. The molecule has 1 aliphatic heterocycles. The minimum absolute atomic E-state index is 0.0884. The molecule has 1 saturated heterocycles. The molecule has 0 saturated carbocycles. The summed E-state index contributed by atoms with van der Waals surface area (Å²) in [5.74, 6) is -0.284. The van der Waals surface area contributed by atoms with Gasteiger partial charge in [0.05, 0.1) is 5.75 Å². The second-order valence-corrected chi connectivity index (χ2v) is 7.11. The molecule has 1 aromatic heterocycles. The largest absolute Gasteiger partial charge is 0.348 e. The molecule has 0 unspecified atom stereocenters. The Labute approximate surface area is 122 Å². The van der Waals surface area contributed by atoms with Gasteiger partial charge in [0.15, 0.2) is 0 Å². The van der Waals surface area contributed by atoms with Crippen LogP contribution in [0.3, 0.4) is 0 Å². The molecule has 1 fully saturated rings. The molecular formula is C12H18N4O4S. The first kappa shape index (κ1) is 15.6. The quantitative estimate of drug-likeness (QED) is 0.764. The average Bonchev–Trinajstić information content (AvgIpc) is 2.48. The van der Waals surface area contributed by atoms with E-state index in [4.69, 9.17) is 0 Å². The maximum Gasteiger partial charge on any atom is 0.271 e. The monoisotopic (exact) mass is 314 g/mol. The molecule has 2 rings (SSSR count). The number of carbonyl (C=O) groups is 1. The Morgan fingerprint density at radius 1 is 1.43 bits per heavy atom. The molecule has 0 radical (unpaired) electrons. The van der Waals surface area contributed by atoms with Crippen molar-refractivity contribution in [3.63, 3.8) is 0 Å². The lowest BCUT2D eigenvalue weighted by molar-refractivity contribution is 0.0917. The molecular weight excluding hydrogens is 296 g/mol. The fourth-order valence-corrected chi connectivity index (χ4v) is 3.32. The van der Waals surface area contributed by atoms with Crippen LogP contribution in [0.15, 0.2) is 16.9 Å². The van der Waals surface area contributed by atoms with Crippen molar-refractivity contribution in [3.8, 4) is 0 Å². The normalized spacial score (nSPS) is 17.6. The van der Waals surface area contributed by atoms with Crippen LogP contribution < -0.4 is 10.9 Å². The fourth-order valence-electron chi connectivity index (χ4n) is 2.19. The van der Waals surface area contributed by atoms with Gasteiger partial charge in [-0.2, -0.15) is 5.10 Å². The van der Waals surface area contributed by atoms with E-state index in [9.17, 15) is 18.0 Å². The van der Waals surface area contributed by atoms with Crippen molar-refractivity contribution in [2.24, 2.45) is 0 Å². The van der Waals surface area contributed by atoms with Crippen LogP contribution in [-0.4, -0.2) is 53.7 Å². The molecule has 21 heavy (non-hydrogen) atoms. The number of H-pyrrole nitrogens is 1. The van der Waals surface area contributed by atoms with E-state index in [0.717, 1.165) is 0 Å². The number of sulfonamides is 1. The fraction of sp³-hybridized carbons (Fsp3) is 0.583. The van der Waals surface area contributed by atoms with Crippen LogP contribution in [0, 0.1) is 0 Å². The molecule has 116 valence electrons.